The van der Waals surface area contributed by atoms with E-state index < -0.39 is 11.9 Å². The number of anilines is 1. The van der Waals surface area contributed by atoms with E-state index in [1.807, 2.05) is 6.07 Å². The van der Waals surface area contributed by atoms with Gasteiger partial charge < -0.3 is 5.73 Å². The van der Waals surface area contributed by atoms with E-state index in [0.717, 1.165) is 0 Å². The van der Waals surface area contributed by atoms with Gasteiger partial charge in [-0.2, -0.15) is 5.26 Å². The predicted molar refractivity (Wildman–Crippen MR) is 51.3 cm³/mol. The topological polar surface area (TPSA) is 70.1 Å². The maximum absolute atomic E-state index is 13.0. The van der Waals surface area contributed by atoms with Crippen LogP contribution in [-0.4, -0.2) is 12.5 Å². The lowest BCUT2D eigenvalue weighted by molar-refractivity contribution is -0.119. The van der Waals surface area contributed by atoms with Crippen LogP contribution in [0, 0.1) is 17.1 Å². The van der Waals surface area contributed by atoms with Gasteiger partial charge in [-0.3, -0.25) is 9.69 Å². The third-order valence-electron chi connectivity index (χ3n) is 2.38. The zero-order chi connectivity index (χ0) is 11.0. The van der Waals surface area contributed by atoms with Crippen molar-refractivity contribution in [3.8, 4) is 6.07 Å². The summed E-state index contributed by atoms with van der Waals surface area (Å²) in [5.41, 5.74) is 6.60. The highest BCUT2D eigenvalue weighted by atomic mass is 19.1. The molecule has 1 atom stereocenters. The number of fused-ring (bicyclic) bond motifs is 1. The largest absolute Gasteiger partial charge is 0.316 e. The number of hydrogen-bond donors (Lipinski definition) is 1. The number of amides is 1. The van der Waals surface area contributed by atoms with Crippen molar-refractivity contribution in [2.75, 3.05) is 11.4 Å². The molecule has 15 heavy (non-hydrogen) atoms. The van der Waals surface area contributed by atoms with Crippen LogP contribution in [0.5, 0.6) is 0 Å². The Balaban J connectivity index is 2.52. The van der Waals surface area contributed by atoms with Gasteiger partial charge in [0.05, 0.1) is 11.8 Å². The zero-order valence-corrected chi connectivity index (χ0v) is 7.77. The van der Waals surface area contributed by atoms with Crippen molar-refractivity contribution in [2.24, 2.45) is 5.73 Å². The summed E-state index contributed by atoms with van der Waals surface area (Å²) in [6.07, 6.45) is 0. The molecule has 76 valence electrons. The van der Waals surface area contributed by atoms with Crippen LogP contribution in [0.15, 0.2) is 18.2 Å². The van der Waals surface area contributed by atoms with Gasteiger partial charge >= 0.3 is 0 Å². The van der Waals surface area contributed by atoms with E-state index in [2.05, 4.69) is 0 Å². The van der Waals surface area contributed by atoms with Crippen LogP contribution in [0.3, 0.4) is 0 Å². The number of carbonyl (C=O) groups excluding carboxylic acids is 1. The minimum absolute atomic E-state index is 0.108. The van der Waals surface area contributed by atoms with Crippen LogP contribution < -0.4 is 10.6 Å². The lowest BCUT2D eigenvalue weighted by Crippen LogP contribution is -2.31. The summed E-state index contributed by atoms with van der Waals surface area (Å²) in [6.45, 7) is -0.108. The first-order valence-corrected chi connectivity index (χ1v) is 4.38. The second kappa shape index (κ2) is 3.33. The van der Waals surface area contributed by atoms with Crippen LogP contribution in [0.1, 0.15) is 11.6 Å². The molecule has 5 heteroatoms. The molecule has 0 spiro atoms. The fourth-order valence-electron chi connectivity index (χ4n) is 1.67. The number of benzene rings is 1. The maximum atomic E-state index is 13.0. The van der Waals surface area contributed by atoms with Gasteiger partial charge in [0, 0.05) is 5.56 Å². The zero-order valence-electron chi connectivity index (χ0n) is 7.77. The Morgan fingerprint density at radius 1 is 1.60 bits per heavy atom. The molecule has 1 aromatic carbocycles. The number of hydrogen-bond acceptors (Lipinski definition) is 3. The number of halogens is 1. The van der Waals surface area contributed by atoms with Gasteiger partial charge in [-0.05, 0) is 12.1 Å². The van der Waals surface area contributed by atoms with Crippen molar-refractivity contribution in [1.82, 2.24) is 0 Å². The molecule has 1 heterocycles. The molecule has 0 aromatic heterocycles. The first-order valence-electron chi connectivity index (χ1n) is 4.38. The molecule has 1 unspecified atom stereocenters. The summed E-state index contributed by atoms with van der Waals surface area (Å²) in [6, 6.07) is 5.01. The fourth-order valence-corrected chi connectivity index (χ4v) is 1.67. The minimum Gasteiger partial charge on any atom is -0.316 e. The van der Waals surface area contributed by atoms with E-state index in [-0.39, 0.29) is 12.5 Å². The molecule has 1 aromatic rings. The van der Waals surface area contributed by atoms with Crippen LogP contribution >= 0.6 is 0 Å². The molecule has 0 bridgehead atoms. The van der Waals surface area contributed by atoms with Gasteiger partial charge in [-0.15, -0.1) is 0 Å². The van der Waals surface area contributed by atoms with Crippen molar-refractivity contribution in [2.45, 2.75) is 6.04 Å². The van der Waals surface area contributed by atoms with Gasteiger partial charge in [0.2, 0.25) is 5.91 Å². The Bertz CT molecular complexity index is 466. The van der Waals surface area contributed by atoms with E-state index in [9.17, 15) is 9.18 Å². The third kappa shape index (κ3) is 1.35. The van der Waals surface area contributed by atoms with Crippen LogP contribution in [-0.2, 0) is 4.79 Å². The Labute approximate surface area is 85.7 Å². The molecule has 1 amide bonds. The second-order valence-corrected chi connectivity index (χ2v) is 3.26. The molecule has 2 N–H and O–H groups in total. The van der Waals surface area contributed by atoms with Crippen LogP contribution in [0.25, 0.3) is 0 Å². The monoisotopic (exact) mass is 205 g/mol. The Morgan fingerprint density at radius 3 is 3.00 bits per heavy atom. The highest BCUT2D eigenvalue weighted by Gasteiger charge is 2.34. The van der Waals surface area contributed by atoms with Crippen LogP contribution in [0.2, 0.25) is 0 Å². The van der Waals surface area contributed by atoms with Crippen molar-refractivity contribution in [3.63, 3.8) is 0 Å². The maximum Gasteiger partial charge on any atom is 0.249 e. The van der Waals surface area contributed by atoms with E-state index in [0.29, 0.717) is 11.3 Å². The summed E-state index contributed by atoms with van der Waals surface area (Å²) in [7, 11) is 0. The van der Waals surface area contributed by atoms with E-state index in [1.165, 1.54) is 23.1 Å². The molecule has 4 nitrogen and oxygen atoms in total. The molecule has 1 aliphatic rings. The van der Waals surface area contributed by atoms with Crippen molar-refractivity contribution in [3.05, 3.63) is 29.6 Å². The third-order valence-corrected chi connectivity index (χ3v) is 2.38. The van der Waals surface area contributed by atoms with Gasteiger partial charge in [-0.1, -0.05) is 6.07 Å². The summed E-state index contributed by atoms with van der Waals surface area (Å²) in [5.74, 6) is -0.810. The molecule has 1 aliphatic heterocycles. The lowest BCUT2D eigenvalue weighted by Gasteiger charge is -2.12. The summed E-state index contributed by atoms with van der Waals surface area (Å²) >= 11 is 0. The summed E-state index contributed by atoms with van der Waals surface area (Å²) < 4.78 is 13.0. The summed E-state index contributed by atoms with van der Waals surface area (Å²) in [4.78, 5) is 12.8. The minimum atomic E-state index is -0.783. The van der Waals surface area contributed by atoms with E-state index in [4.69, 9.17) is 11.0 Å². The first kappa shape index (κ1) is 9.62. The molecule has 2 rings (SSSR count). The van der Waals surface area contributed by atoms with Gasteiger partial charge in [0.15, 0.2) is 0 Å². The molecule has 0 saturated carbocycles. The van der Waals surface area contributed by atoms with Crippen LogP contribution in [0.4, 0.5) is 10.1 Å². The number of nitrogens with zero attached hydrogens (tertiary/aromatic N) is 2. The number of carbonyl (C=O) groups is 1. The highest BCUT2D eigenvalue weighted by Crippen LogP contribution is 2.34. The summed E-state index contributed by atoms with van der Waals surface area (Å²) in [5, 5.41) is 8.55. The van der Waals surface area contributed by atoms with Crippen molar-refractivity contribution < 1.29 is 9.18 Å². The lowest BCUT2D eigenvalue weighted by atomic mass is 10.1. The van der Waals surface area contributed by atoms with Crippen molar-refractivity contribution in [1.29, 1.82) is 5.26 Å². The van der Waals surface area contributed by atoms with E-state index in [1.54, 1.807) is 0 Å². The predicted octanol–water partition coefficient (Wildman–Crippen LogP) is 0.696. The SMILES string of the molecule is N#CCN1C(=O)C(N)c2ccc(F)cc21. The normalized spacial score (nSPS) is 18.9. The second-order valence-electron chi connectivity index (χ2n) is 3.26. The Kier molecular flexibility index (Phi) is 2.14. The smallest absolute Gasteiger partial charge is 0.249 e. The Hall–Kier alpha value is -1.93. The fraction of sp³-hybridized carbons (Fsp3) is 0.200. The molecule has 0 aliphatic carbocycles. The first-order chi connectivity index (χ1) is 7.15. The molecular formula is C10H8FN3O. The molecule has 0 radical (unpaired) electrons. The molecule has 0 fully saturated rings. The average molecular weight is 205 g/mol. The number of nitriles is 1. The average Bonchev–Trinajstić information content (AvgIpc) is 2.44. The standard InChI is InChI=1S/C10H8FN3O/c11-6-1-2-7-8(5-6)14(4-3-12)10(15)9(7)13/h1-2,5,9H,4,13H2. The van der Waals surface area contributed by atoms with Gasteiger partial charge in [-0.25, -0.2) is 4.39 Å². The number of nitrogens with two attached hydrogens (primary N) is 1. The number of rotatable bonds is 1. The molecular weight excluding hydrogens is 197 g/mol. The highest BCUT2D eigenvalue weighted by molar-refractivity contribution is 6.04. The quantitative estimate of drug-likeness (QED) is 0.686. The molecule has 0 saturated heterocycles. The van der Waals surface area contributed by atoms with Gasteiger partial charge in [0.1, 0.15) is 18.4 Å². The van der Waals surface area contributed by atoms with Gasteiger partial charge in [0.25, 0.3) is 0 Å². The Morgan fingerprint density at radius 2 is 2.33 bits per heavy atom. The van der Waals surface area contributed by atoms with E-state index >= 15 is 0 Å². The van der Waals surface area contributed by atoms with Crippen molar-refractivity contribution >= 4 is 11.6 Å².